The largest absolute Gasteiger partial charge is 0.370 e. The van der Waals surface area contributed by atoms with Gasteiger partial charge in [0.15, 0.2) is 0 Å². The maximum atomic E-state index is 12.4. The predicted molar refractivity (Wildman–Crippen MR) is 81.7 cm³/mol. The van der Waals surface area contributed by atoms with E-state index in [1.807, 2.05) is 26.0 Å². The number of aryl methyl sites for hydroxylation is 1. The van der Waals surface area contributed by atoms with E-state index in [4.69, 9.17) is 0 Å². The number of nitrogens with zero attached hydrogens (tertiary/aromatic N) is 4. The van der Waals surface area contributed by atoms with Crippen LogP contribution in [-0.4, -0.2) is 25.7 Å². The fraction of sp³-hybridized carbons (Fsp3) is 0.267. The Kier molecular flexibility index (Phi) is 3.43. The molecule has 108 valence electrons. The maximum absolute atomic E-state index is 12.4. The minimum absolute atomic E-state index is 0.0417. The van der Waals surface area contributed by atoms with Crippen LogP contribution in [0.4, 0.5) is 5.82 Å². The lowest BCUT2D eigenvalue weighted by Gasteiger charge is -2.08. The molecule has 0 saturated heterocycles. The fourth-order valence-electron chi connectivity index (χ4n) is 2.32. The molecule has 0 spiro atoms. The summed E-state index contributed by atoms with van der Waals surface area (Å²) in [7, 11) is 0. The van der Waals surface area contributed by atoms with Crippen LogP contribution in [0, 0.1) is 6.92 Å². The van der Waals surface area contributed by atoms with Gasteiger partial charge in [0.25, 0.3) is 5.56 Å². The molecule has 21 heavy (non-hydrogen) atoms. The first kappa shape index (κ1) is 13.4. The molecule has 0 aliphatic rings. The van der Waals surface area contributed by atoms with E-state index in [1.54, 1.807) is 33.7 Å². The van der Waals surface area contributed by atoms with Crippen LogP contribution in [0.25, 0.3) is 5.52 Å². The highest BCUT2D eigenvalue weighted by Gasteiger charge is 2.06. The highest BCUT2D eigenvalue weighted by atomic mass is 16.1. The van der Waals surface area contributed by atoms with E-state index in [-0.39, 0.29) is 5.56 Å². The molecule has 3 rings (SSSR count). The smallest absolute Gasteiger partial charge is 0.276 e. The standard InChI is InChI=1S/C15H17N5O/c1-3-16-14-9-12(4-5-17-14)10-19-6-7-20-13(15(19)21)8-11(2)18-20/h4-9H,3,10H2,1-2H3,(H,16,17). The fourth-order valence-corrected chi connectivity index (χ4v) is 2.32. The second kappa shape index (κ2) is 5.40. The monoisotopic (exact) mass is 283 g/mol. The zero-order valence-corrected chi connectivity index (χ0v) is 12.1. The molecule has 0 saturated carbocycles. The summed E-state index contributed by atoms with van der Waals surface area (Å²) in [6.07, 6.45) is 5.31. The van der Waals surface area contributed by atoms with Crippen LogP contribution in [0.1, 0.15) is 18.2 Å². The van der Waals surface area contributed by atoms with Crippen LogP contribution in [0.15, 0.2) is 41.6 Å². The predicted octanol–water partition coefficient (Wildman–Crippen LogP) is 1.68. The van der Waals surface area contributed by atoms with Crippen molar-refractivity contribution in [1.29, 1.82) is 0 Å². The number of nitrogens with one attached hydrogen (secondary N) is 1. The Morgan fingerprint density at radius 2 is 2.14 bits per heavy atom. The Morgan fingerprint density at radius 1 is 1.29 bits per heavy atom. The van der Waals surface area contributed by atoms with Crippen molar-refractivity contribution >= 4 is 11.3 Å². The van der Waals surface area contributed by atoms with Gasteiger partial charge in [0, 0.05) is 25.1 Å². The number of fused-ring (bicyclic) bond motifs is 1. The van der Waals surface area contributed by atoms with Crippen LogP contribution in [-0.2, 0) is 6.54 Å². The average Bonchev–Trinajstić information content (AvgIpc) is 2.84. The number of rotatable bonds is 4. The second-order valence-corrected chi connectivity index (χ2v) is 4.93. The van der Waals surface area contributed by atoms with Gasteiger partial charge in [-0.05, 0) is 37.6 Å². The summed E-state index contributed by atoms with van der Waals surface area (Å²) in [6, 6.07) is 5.68. The van der Waals surface area contributed by atoms with E-state index in [0.717, 1.165) is 23.6 Å². The van der Waals surface area contributed by atoms with Crippen molar-refractivity contribution in [2.24, 2.45) is 0 Å². The SMILES string of the molecule is CCNc1cc(Cn2ccn3nc(C)cc3c2=O)ccn1. The van der Waals surface area contributed by atoms with Crippen molar-refractivity contribution in [2.75, 3.05) is 11.9 Å². The van der Waals surface area contributed by atoms with Gasteiger partial charge < -0.3 is 9.88 Å². The molecule has 3 aromatic rings. The first-order valence-corrected chi connectivity index (χ1v) is 6.91. The molecule has 0 aliphatic heterocycles. The lowest BCUT2D eigenvalue weighted by molar-refractivity contribution is 0.741. The highest BCUT2D eigenvalue weighted by Crippen LogP contribution is 2.08. The van der Waals surface area contributed by atoms with E-state index in [2.05, 4.69) is 15.4 Å². The zero-order valence-electron chi connectivity index (χ0n) is 12.1. The Bertz CT molecular complexity index is 833. The minimum atomic E-state index is -0.0417. The van der Waals surface area contributed by atoms with Gasteiger partial charge in [0.2, 0.25) is 0 Å². The van der Waals surface area contributed by atoms with Crippen molar-refractivity contribution in [3.8, 4) is 0 Å². The Balaban J connectivity index is 1.96. The van der Waals surface area contributed by atoms with Crippen LogP contribution < -0.4 is 10.9 Å². The third kappa shape index (κ3) is 2.65. The number of pyridine rings is 1. The highest BCUT2D eigenvalue weighted by molar-refractivity contribution is 5.45. The summed E-state index contributed by atoms with van der Waals surface area (Å²) in [6.45, 7) is 5.23. The van der Waals surface area contributed by atoms with Crippen molar-refractivity contribution in [3.05, 3.63) is 58.4 Å². The average molecular weight is 283 g/mol. The zero-order chi connectivity index (χ0) is 14.8. The molecule has 0 aromatic carbocycles. The molecule has 0 bridgehead atoms. The molecule has 3 heterocycles. The number of aromatic nitrogens is 4. The van der Waals surface area contributed by atoms with E-state index < -0.39 is 0 Å². The summed E-state index contributed by atoms with van der Waals surface area (Å²) in [5.74, 6) is 0.823. The van der Waals surface area contributed by atoms with Crippen LogP contribution in [0.3, 0.4) is 0 Å². The molecule has 0 radical (unpaired) electrons. The van der Waals surface area contributed by atoms with Crippen molar-refractivity contribution in [1.82, 2.24) is 19.2 Å². The first-order chi connectivity index (χ1) is 10.2. The quantitative estimate of drug-likeness (QED) is 0.791. The molecule has 0 atom stereocenters. The molecular formula is C15H17N5O. The summed E-state index contributed by atoms with van der Waals surface area (Å²) in [4.78, 5) is 16.7. The Hall–Kier alpha value is -2.63. The van der Waals surface area contributed by atoms with Gasteiger partial charge in [-0.1, -0.05) is 0 Å². The number of anilines is 1. The number of hydrogen-bond acceptors (Lipinski definition) is 4. The lowest BCUT2D eigenvalue weighted by atomic mass is 10.2. The molecule has 6 heteroatoms. The molecule has 0 aliphatic carbocycles. The van der Waals surface area contributed by atoms with Crippen LogP contribution in [0.2, 0.25) is 0 Å². The molecule has 6 nitrogen and oxygen atoms in total. The summed E-state index contributed by atoms with van der Waals surface area (Å²) in [5.41, 5.74) is 2.42. The van der Waals surface area contributed by atoms with Gasteiger partial charge in [-0.3, -0.25) is 4.79 Å². The number of hydrogen-bond donors (Lipinski definition) is 1. The summed E-state index contributed by atoms with van der Waals surface area (Å²) in [5, 5.41) is 7.41. The third-order valence-electron chi connectivity index (χ3n) is 3.26. The van der Waals surface area contributed by atoms with Gasteiger partial charge in [-0.25, -0.2) is 9.50 Å². The topological polar surface area (TPSA) is 64.2 Å². The first-order valence-electron chi connectivity index (χ1n) is 6.91. The van der Waals surface area contributed by atoms with Crippen molar-refractivity contribution in [3.63, 3.8) is 0 Å². The van der Waals surface area contributed by atoms with Crippen molar-refractivity contribution < 1.29 is 0 Å². The van der Waals surface area contributed by atoms with Gasteiger partial charge in [0.05, 0.1) is 12.2 Å². The van der Waals surface area contributed by atoms with Crippen molar-refractivity contribution in [2.45, 2.75) is 20.4 Å². The van der Waals surface area contributed by atoms with E-state index in [0.29, 0.717) is 12.1 Å². The van der Waals surface area contributed by atoms with Gasteiger partial charge in [-0.15, -0.1) is 0 Å². The molecular weight excluding hydrogens is 266 g/mol. The minimum Gasteiger partial charge on any atom is -0.370 e. The van der Waals surface area contributed by atoms with Gasteiger partial charge >= 0.3 is 0 Å². The third-order valence-corrected chi connectivity index (χ3v) is 3.26. The maximum Gasteiger partial charge on any atom is 0.276 e. The second-order valence-electron chi connectivity index (χ2n) is 4.93. The molecule has 3 aromatic heterocycles. The lowest BCUT2D eigenvalue weighted by Crippen LogP contribution is -2.21. The molecule has 1 N–H and O–H groups in total. The summed E-state index contributed by atoms with van der Waals surface area (Å²) < 4.78 is 3.30. The van der Waals surface area contributed by atoms with Gasteiger partial charge in [-0.2, -0.15) is 5.10 Å². The van der Waals surface area contributed by atoms with E-state index in [1.165, 1.54) is 0 Å². The summed E-state index contributed by atoms with van der Waals surface area (Å²) >= 11 is 0. The Morgan fingerprint density at radius 3 is 2.95 bits per heavy atom. The molecule has 0 amide bonds. The van der Waals surface area contributed by atoms with Crippen LogP contribution in [0.5, 0.6) is 0 Å². The van der Waals surface area contributed by atoms with E-state index in [9.17, 15) is 4.79 Å². The normalized spacial score (nSPS) is 11.0. The van der Waals surface area contributed by atoms with Gasteiger partial charge in [0.1, 0.15) is 11.3 Å². The Labute approximate surface area is 122 Å². The molecule has 0 fully saturated rings. The van der Waals surface area contributed by atoms with E-state index >= 15 is 0 Å². The van der Waals surface area contributed by atoms with Crippen LogP contribution >= 0.6 is 0 Å². The molecule has 0 unspecified atom stereocenters.